The van der Waals surface area contributed by atoms with Gasteiger partial charge in [-0.15, -0.1) is 0 Å². The van der Waals surface area contributed by atoms with E-state index in [9.17, 15) is 14.9 Å². The molecule has 2 N–H and O–H groups in total. The average molecular weight is 502 g/mol. The Morgan fingerprint density at radius 3 is 2.05 bits per heavy atom. The number of ether oxygens (including phenoxy) is 4. The molecule has 0 unspecified atom stereocenters. The van der Waals surface area contributed by atoms with E-state index >= 15 is 0 Å². The van der Waals surface area contributed by atoms with Crippen LogP contribution in [-0.2, 0) is 9.59 Å². The molecule has 0 saturated heterocycles. The summed E-state index contributed by atoms with van der Waals surface area (Å²) < 4.78 is 21.8. The van der Waals surface area contributed by atoms with Crippen LogP contribution in [-0.4, -0.2) is 39.2 Å². The highest BCUT2D eigenvalue weighted by Gasteiger charge is 2.14. The van der Waals surface area contributed by atoms with Crippen LogP contribution in [0.5, 0.6) is 23.0 Å². The molecule has 3 aromatic carbocycles. The van der Waals surface area contributed by atoms with Gasteiger partial charge in [-0.25, -0.2) is 0 Å². The molecule has 0 aliphatic carbocycles. The molecule has 0 heterocycles. The minimum Gasteiger partial charge on any atom is -0.495 e. The van der Waals surface area contributed by atoms with Gasteiger partial charge in [-0.3, -0.25) is 9.59 Å². The van der Waals surface area contributed by atoms with Gasteiger partial charge in [0.25, 0.3) is 11.8 Å². The van der Waals surface area contributed by atoms with Crippen molar-refractivity contribution in [1.29, 1.82) is 5.26 Å². The number of amides is 2. The topological polar surface area (TPSA) is 119 Å². The Morgan fingerprint density at radius 2 is 1.46 bits per heavy atom. The molecule has 37 heavy (non-hydrogen) atoms. The van der Waals surface area contributed by atoms with Crippen molar-refractivity contribution in [1.82, 2.24) is 0 Å². The maximum absolute atomic E-state index is 12.7. The lowest BCUT2D eigenvalue weighted by molar-refractivity contribution is -0.118. The number of benzene rings is 3. The van der Waals surface area contributed by atoms with Gasteiger partial charge < -0.3 is 29.6 Å². The van der Waals surface area contributed by atoms with Gasteiger partial charge in [-0.2, -0.15) is 5.26 Å². The molecule has 0 atom stereocenters. The summed E-state index contributed by atoms with van der Waals surface area (Å²) in [5.74, 6) is 0.747. The highest BCUT2D eigenvalue weighted by atomic mass is 16.5. The van der Waals surface area contributed by atoms with E-state index in [1.807, 2.05) is 13.0 Å². The lowest BCUT2D eigenvalue weighted by Crippen LogP contribution is -2.20. The normalized spacial score (nSPS) is 10.6. The number of anilines is 2. The van der Waals surface area contributed by atoms with Crippen molar-refractivity contribution >= 4 is 29.3 Å². The van der Waals surface area contributed by atoms with E-state index in [4.69, 9.17) is 18.9 Å². The molecule has 0 spiro atoms. The maximum atomic E-state index is 12.7. The maximum Gasteiger partial charge on any atom is 0.266 e. The average Bonchev–Trinajstić information content (AvgIpc) is 2.92. The predicted octanol–water partition coefficient (Wildman–Crippen LogP) is 4.67. The molecule has 2 amide bonds. The molecular weight excluding hydrogens is 474 g/mol. The van der Waals surface area contributed by atoms with Crippen molar-refractivity contribution in [2.75, 3.05) is 38.1 Å². The first-order valence-electron chi connectivity index (χ1n) is 11.4. The Hall–Kier alpha value is -4.97. The van der Waals surface area contributed by atoms with Crippen LogP contribution < -0.4 is 29.6 Å². The quantitative estimate of drug-likeness (QED) is 0.290. The molecule has 0 aliphatic rings. The van der Waals surface area contributed by atoms with Crippen LogP contribution in [0.4, 0.5) is 11.4 Å². The van der Waals surface area contributed by atoms with Gasteiger partial charge in [-0.05, 0) is 55.0 Å². The number of hydrogen-bond donors (Lipinski definition) is 2. The fourth-order valence-corrected chi connectivity index (χ4v) is 3.33. The molecule has 3 rings (SSSR count). The smallest absolute Gasteiger partial charge is 0.266 e. The first-order chi connectivity index (χ1) is 18.0. The first-order valence-corrected chi connectivity index (χ1v) is 11.4. The lowest BCUT2D eigenvalue weighted by atomic mass is 10.1. The van der Waals surface area contributed by atoms with E-state index < -0.39 is 5.91 Å². The molecule has 0 radical (unpaired) electrons. The molecular formula is C28H27N3O6. The number of nitrogens with one attached hydrogen (secondary N) is 2. The number of para-hydroxylation sites is 4. The molecule has 9 heteroatoms. The molecule has 0 aliphatic heterocycles. The Morgan fingerprint density at radius 1 is 0.838 bits per heavy atom. The van der Waals surface area contributed by atoms with Crippen molar-refractivity contribution in [2.24, 2.45) is 0 Å². The third kappa shape index (κ3) is 7.26. The second-order valence-corrected chi connectivity index (χ2v) is 7.50. The summed E-state index contributed by atoms with van der Waals surface area (Å²) in [7, 11) is 3.01. The van der Waals surface area contributed by atoms with Crippen molar-refractivity contribution < 1.29 is 28.5 Å². The van der Waals surface area contributed by atoms with E-state index in [0.29, 0.717) is 46.5 Å². The van der Waals surface area contributed by atoms with Gasteiger partial charge in [0.1, 0.15) is 23.1 Å². The minimum absolute atomic E-state index is 0.113. The summed E-state index contributed by atoms with van der Waals surface area (Å²) >= 11 is 0. The summed E-state index contributed by atoms with van der Waals surface area (Å²) in [5, 5.41) is 15.0. The molecule has 0 fully saturated rings. The van der Waals surface area contributed by atoms with Gasteiger partial charge in [0.2, 0.25) is 0 Å². The van der Waals surface area contributed by atoms with E-state index in [-0.39, 0.29) is 18.1 Å². The third-order valence-corrected chi connectivity index (χ3v) is 5.04. The fraction of sp³-hybridized carbons (Fsp3) is 0.179. The third-order valence-electron chi connectivity index (χ3n) is 5.04. The van der Waals surface area contributed by atoms with Gasteiger partial charge in [0, 0.05) is 0 Å². The van der Waals surface area contributed by atoms with Crippen LogP contribution in [0.3, 0.4) is 0 Å². The highest BCUT2D eigenvalue weighted by molar-refractivity contribution is 6.10. The molecule has 3 aromatic rings. The summed E-state index contributed by atoms with van der Waals surface area (Å²) in [6, 6.07) is 20.8. The van der Waals surface area contributed by atoms with Crippen LogP contribution in [0.2, 0.25) is 0 Å². The molecule has 0 aromatic heterocycles. The molecule has 190 valence electrons. The van der Waals surface area contributed by atoms with Crippen LogP contribution >= 0.6 is 0 Å². The van der Waals surface area contributed by atoms with Crippen LogP contribution in [0, 0.1) is 11.3 Å². The Kier molecular flexibility index (Phi) is 9.51. The van der Waals surface area contributed by atoms with Gasteiger partial charge in [-0.1, -0.05) is 30.3 Å². The second-order valence-electron chi connectivity index (χ2n) is 7.50. The SMILES string of the molecule is CCOc1cc(/C=C(/C#N)C(=O)Nc2ccccc2OC)ccc1OCC(=O)Nc1ccccc1OC. The van der Waals surface area contributed by atoms with E-state index in [2.05, 4.69) is 10.6 Å². The molecule has 0 bridgehead atoms. The largest absolute Gasteiger partial charge is 0.495 e. The summed E-state index contributed by atoms with van der Waals surface area (Å²) in [4.78, 5) is 25.1. The molecule has 9 nitrogen and oxygen atoms in total. The van der Waals surface area contributed by atoms with E-state index in [1.165, 1.54) is 20.3 Å². The molecule has 0 saturated carbocycles. The zero-order valence-electron chi connectivity index (χ0n) is 20.7. The fourth-order valence-electron chi connectivity index (χ4n) is 3.33. The predicted molar refractivity (Wildman–Crippen MR) is 140 cm³/mol. The highest BCUT2D eigenvalue weighted by Crippen LogP contribution is 2.30. The van der Waals surface area contributed by atoms with Crippen LogP contribution in [0.25, 0.3) is 6.08 Å². The van der Waals surface area contributed by atoms with E-state index in [1.54, 1.807) is 66.7 Å². The standard InChI is InChI=1S/C28H27N3O6/c1-4-36-26-16-19(15-20(17-29)28(33)31-22-10-6-8-12-24(22)35-3)13-14-25(26)37-18-27(32)30-21-9-5-7-11-23(21)34-2/h5-16H,4,18H2,1-3H3,(H,30,32)(H,31,33)/b20-15-. The number of nitrogens with zero attached hydrogens (tertiary/aromatic N) is 1. The Labute approximate surface area is 215 Å². The Balaban J connectivity index is 1.73. The van der Waals surface area contributed by atoms with Crippen molar-refractivity contribution in [3.63, 3.8) is 0 Å². The van der Waals surface area contributed by atoms with Crippen molar-refractivity contribution in [3.05, 3.63) is 77.9 Å². The number of rotatable bonds is 11. The van der Waals surface area contributed by atoms with Crippen LogP contribution in [0.1, 0.15) is 12.5 Å². The number of nitriles is 1. The van der Waals surface area contributed by atoms with Crippen molar-refractivity contribution in [3.8, 4) is 29.1 Å². The number of methoxy groups -OCH3 is 2. The monoisotopic (exact) mass is 501 g/mol. The van der Waals surface area contributed by atoms with Gasteiger partial charge >= 0.3 is 0 Å². The minimum atomic E-state index is -0.585. The van der Waals surface area contributed by atoms with Crippen molar-refractivity contribution in [2.45, 2.75) is 6.92 Å². The zero-order chi connectivity index (χ0) is 26.6. The number of carbonyl (C=O) groups is 2. The number of carbonyl (C=O) groups excluding carboxylic acids is 2. The van der Waals surface area contributed by atoms with Gasteiger partial charge in [0.15, 0.2) is 18.1 Å². The lowest BCUT2D eigenvalue weighted by Gasteiger charge is -2.14. The first kappa shape index (κ1) is 26.6. The van der Waals surface area contributed by atoms with Crippen LogP contribution in [0.15, 0.2) is 72.3 Å². The summed E-state index contributed by atoms with van der Waals surface area (Å²) in [5.41, 5.74) is 1.40. The van der Waals surface area contributed by atoms with Gasteiger partial charge in [0.05, 0.1) is 32.2 Å². The van der Waals surface area contributed by atoms with E-state index in [0.717, 1.165) is 0 Å². The second kappa shape index (κ2) is 13.2. The summed E-state index contributed by atoms with van der Waals surface area (Å²) in [6.07, 6.45) is 1.44. The summed E-state index contributed by atoms with van der Waals surface area (Å²) in [6.45, 7) is 1.89. The zero-order valence-corrected chi connectivity index (χ0v) is 20.7. The Bertz CT molecular complexity index is 1330. The number of hydrogen-bond acceptors (Lipinski definition) is 7.